The molecule has 0 aliphatic rings. The van der Waals surface area contributed by atoms with Crippen molar-refractivity contribution in [3.63, 3.8) is 0 Å². The highest BCUT2D eigenvalue weighted by Crippen LogP contribution is 2.30. The van der Waals surface area contributed by atoms with Crippen LogP contribution in [0.3, 0.4) is 0 Å². The van der Waals surface area contributed by atoms with Crippen LogP contribution >= 0.6 is 0 Å². The van der Waals surface area contributed by atoms with E-state index in [-0.39, 0.29) is 0 Å². The van der Waals surface area contributed by atoms with Gasteiger partial charge >= 0.3 is 0 Å². The summed E-state index contributed by atoms with van der Waals surface area (Å²) in [5.74, 6) is 0. The van der Waals surface area contributed by atoms with Crippen molar-refractivity contribution >= 4 is 0 Å². The summed E-state index contributed by atoms with van der Waals surface area (Å²) >= 11 is 0. The minimum absolute atomic E-state index is 0.318. The largest absolute Gasteiger partial charge is 0.0646 e. The Morgan fingerprint density at radius 2 is 1.79 bits per heavy atom. The van der Waals surface area contributed by atoms with Crippen molar-refractivity contribution in [3.8, 4) is 0 Å². The lowest BCUT2D eigenvalue weighted by Gasteiger charge is -2.26. The van der Waals surface area contributed by atoms with Gasteiger partial charge in [-0.15, -0.1) is 0 Å². The first-order valence-corrected chi connectivity index (χ1v) is 5.61. The second-order valence-corrected chi connectivity index (χ2v) is 4.75. The minimum atomic E-state index is 0.318. The number of aryl methyl sites for hydroxylation is 2. The number of benzene rings is 1. The lowest BCUT2D eigenvalue weighted by Crippen LogP contribution is -2.17. The van der Waals surface area contributed by atoms with Gasteiger partial charge in [0.25, 0.3) is 0 Å². The van der Waals surface area contributed by atoms with Gasteiger partial charge in [-0.1, -0.05) is 51.5 Å². The monoisotopic (exact) mass is 190 g/mol. The molecule has 0 aliphatic heterocycles. The van der Waals surface area contributed by atoms with E-state index in [0.717, 1.165) is 6.42 Å². The van der Waals surface area contributed by atoms with Gasteiger partial charge < -0.3 is 0 Å². The second kappa shape index (κ2) is 4.16. The summed E-state index contributed by atoms with van der Waals surface area (Å²) in [6, 6.07) is 6.86. The van der Waals surface area contributed by atoms with Gasteiger partial charge in [0.15, 0.2) is 0 Å². The van der Waals surface area contributed by atoms with Gasteiger partial charge in [-0.3, -0.25) is 0 Å². The molecule has 14 heavy (non-hydrogen) atoms. The Balaban J connectivity index is 3.20. The van der Waals surface area contributed by atoms with Gasteiger partial charge in [0.1, 0.15) is 0 Å². The molecule has 0 heterocycles. The SMILES string of the molecule is CCc1cc(C)ccc1C(C)(C)CC. The van der Waals surface area contributed by atoms with E-state index in [1.807, 2.05) is 0 Å². The number of hydrogen-bond acceptors (Lipinski definition) is 0. The molecule has 0 radical (unpaired) electrons. The zero-order chi connectivity index (χ0) is 10.8. The van der Waals surface area contributed by atoms with E-state index in [0.29, 0.717) is 5.41 Å². The molecule has 0 fully saturated rings. The lowest BCUT2D eigenvalue weighted by atomic mass is 9.79. The molecule has 0 amide bonds. The van der Waals surface area contributed by atoms with Crippen molar-refractivity contribution in [3.05, 3.63) is 34.9 Å². The Morgan fingerprint density at radius 1 is 1.14 bits per heavy atom. The van der Waals surface area contributed by atoms with Crippen molar-refractivity contribution in [1.29, 1.82) is 0 Å². The topological polar surface area (TPSA) is 0 Å². The Morgan fingerprint density at radius 3 is 2.29 bits per heavy atom. The molecule has 0 nitrogen and oxygen atoms in total. The van der Waals surface area contributed by atoms with Crippen LogP contribution < -0.4 is 0 Å². The van der Waals surface area contributed by atoms with Crippen LogP contribution in [-0.4, -0.2) is 0 Å². The summed E-state index contributed by atoms with van der Waals surface area (Å²) in [4.78, 5) is 0. The fourth-order valence-corrected chi connectivity index (χ4v) is 1.87. The quantitative estimate of drug-likeness (QED) is 0.668. The van der Waals surface area contributed by atoms with Crippen LogP contribution in [0.1, 0.15) is 50.8 Å². The van der Waals surface area contributed by atoms with E-state index in [1.54, 1.807) is 0 Å². The second-order valence-electron chi connectivity index (χ2n) is 4.75. The van der Waals surface area contributed by atoms with Crippen LogP contribution in [0.15, 0.2) is 18.2 Å². The summed E-state index contributed by atoms with van der Waals surface area (Å²) in [6.07, 6.45) is 2.34. The predicted molar refractivity (Wildman–Crippen MR) is 63.9 cm³/mol. The highest BCUT2D eigenvalue weighted by molar-refractivity contribution is 5.36. The Labute approximate surface area is 88.4 Å². The van der Waals surface area contributed by atoms with Crippen molar-refractivity contribution < 1.29 is 0 Å². The molecule has 0 atom stereocenters. The van der Waals surface area contributed by atoms with Crippen LogP contribution in [-0.2, 0) is 11.8 Å². The first-order valence-electron chi connectivity index (χ1n) is 5.61. The Bertz CT molecular complexity index is 308. The normalized spacial score (nSPS) is 11.8. The highest BCUT2D eigenvalue weighted by atomic mass is 14.2. The van der Waals surface area contributed by atoms with Gasteiger partial charge in [-0.05, 0) is 36.3 Å². The number of rotatable bonds is 3. The average Bonchev–Trinajstić information content (AvgIpc) is 2.17. The first kappa shape index (κ1) is 11.3. The maximum atomic E-state index is 2.33. The van der Waals surface area contributed by atoms with E-state index < -0.39 is 0 Å². The fourth-order valence-electron chi connectivity index (χ4n) is 1.87. The molecule has 0 bridgehead atoms. The summed E-state index contributed by atoms with van der Waals surface area (Å²) < 4.78 is 0. The molecule has 1 rings (SSSR count). The predicted octanol–water partition coefficient (Wildman–Crippen LogP) is 4.25. The van der Waals surface area contributed by atoms with Gasteiger partial charge in [0, 0.05) is 0 Å². The molecule has 1 aromatic rings. The summed E-state index contributed by atoms with van der Waals surface area (Å²) in [5, 5.41) is 0. The summed E-state index contributed by atoms with van der Waals surface area (Å²) in [6.45, 7) is 11.3. The molecule has 1 aromatic carbocycles. The van der Waals surface area contributed by atoms with E-state index in [1.165, 1.54) is 23.1 Å². The van der Waals surface area contributed by atoms with Crippen molar-refractivity contribution in [2.45, 2.75) is 52.9 Å². The van der Waals surface area contributed by atoms with Crippen LogP contribution in [0.25, 0.3) is 0 Å². The van der Waals surface area contributed by atoms with E-state index in [4.69, 9.17) is 0 Å². The summed E-state index contributed by atoms with van der Waals surface area (Å²) in [7, 11) is 0. The zero-order valence-corrected chi connectivity index (χ0v) is 10.1. The molecule has 0 aliphatic carbocycles. The first-order chi connectivity index (χ1) is 6.51. The van der Waals surface area contributed by atoms with E-state index in [2.05, 4.69) is 52.8 Å². The van der Waals surface area contributed by atoms with Crippen LogP contribution in [0.5, 0.6) is 0 Å². The van der Waals surface area contributed by atoms with Crippen molar-refractivity contribution in [2.24, 2.45) is 0 Å². The van der Waals surface area contributed by atoms with Crippen LogP contribution in [0, 0.1) is 6.92 Å². The molecular weight excluding hydrogens is 168 g/mol. The zero-order valence-electron chi connectivity index (χ0n) is 10.1. The highest BCUT2D eigenvalue weighted by Gasteiger charge is 2.20. The molecule has 0 spiro atoms. The molecule has 0 saturated carbocycles. The third-order valence-corrected chi connectivity index (χ3v) is 3.25. The molecule has 0 N–H and O–H groups in total. The Kier molecular flexibility index (Phi) is 3.36. The van der Waals surface area contributed by atoms with Crippen molar-refractivity contribution in [2.75, 3.05) is 0 Å². The van der Waals surface area contributed by atoms with Gasteiger partial charge in [0.05, 0.1) is 0 Å². The minimum Gasteiger partial charge on any atom is -0.0646 e. The maximum Gasteiger partial charge on any atom is -0.0103 e. The van der Waals surface area contributed by atoms with Crippen LogP contribution in [0.4, 0.5) is 0 Å². The molecule has 0 unspecified atom stereocenters. The fraction of sp³-hybridized carbons (Fsp3) is 0.571. The van der Waals surface area contributed by atoms with E-state index in [9.17, 15) is 0 Å². The third-order valence-electron chi connectivity index (χ3n) is 3.25. The molecule has 78 valence electrons. The lowest BCUT2D eigenvalue weighted by molar-refractivity contribution is 0.501. The van der Waals surface area contributed by atoms with E-state index >= 15 is 0 Å². The Hall–Kier alpha value is -0.780. The third kappa shape index (κ3) is 2.17. The maximum absolute atomic E-state index is 2.33. The van der Waals surface area contributed by atoms with Gasteiger partial charge in [-0.25, -0.2) is 0 Å². The average molecular weight is 190 g/mol. The van der Waals surface area contributed by atoms with Crippen LogP contribution in [0.2, 0.25) is 0 Å². The summed E-state index contributed by atoms with van der Waals surface area (Å²) in [5.41, 5.74) is 4.72. The standard InChI is InChI=1S/C14H22/c1-6-12-10-11(3)8-9-13(12)14(4,5)7-2/h8-10H,6-7H2,1-5H3. The van der Waals surface area contributed by atoms with Gasteiger partial charge in [-0.2, -0.15) is 0 Å². The molecule has 0 saturated heterocycles. The molecular formula is C14H22. The smallest absolute Gasteiger partial charge is 0.0103 e. The number of hydrogen-bond donors (Lipinski definition) is 0. The molecule has 0 heteroatoms. The van der Waals surface area contributed by atoms with Gasteiger partial charge in [0.2, 0.25) is 0 Å². The van der Waals surface area contributed by atoms with Crippen molar-refractivity contribution in [1.82, 2.24) is 0 Å². The molecule has 0 aromatic heterocycles.